The Balaban J connectivity index is 1.90. The van der Waals surface area contributed by atoms with E-state index in [0.717, 1.165) is 31.1 Å². The van der Waals surface area contributed by atoms with Crippen LogP contribution in [0, 0.1) is 12.8 Å². The number of amides is 3. The molecule has 25 heavy (non-hydrogen) atoms. The molecule has 1 aliphatic rings. The first-order valence-electron chi connectivity index (χ1n) is 9.01. The van der Waals surface area contributed by atoms with Gasteiger partial charge in [0.15, 0.2) is 0 Å². The van der Waals surface area contributed by atoms with Crippen molar-refractivity contribution in [2.24, 2.45) is 5.92 Å². The van der Waals surface area contributed by atoms with Crippen molar-refractivity contribution in [3.8, 4) is 0 Å². The summed E-state index contributed by atoms with van der Waals surface area (Å²) in [5.74, 6) is 0.556. The maximum Gasteiger partial charge on any atom is 0.319 e. The van der Waals surface area contributed by atoms with Crippen molar-refractivity contribution in [1.29, 1.82) is 0 Å². The molecule has 2 unspecified atom stereocenters. The molecule has 1 aromatic rings. The van der Waals surface area contributed by atoms with Crippen molar-refractivity contribution in [1.82, 2.24) is 15.5 Å². The fourth-order valence-electron chi connectivity index (χ4n) is 3.31. The Morgan fingerprint density at radius 2 is 2.12 bits per heavy atom. The fourth-order valence-corrected chi connectivity index (χ4v) is 3.31. The van der Waals surface area contributed by atoms with Gasteiger partial charge in [0.05, 0.1) is 0 Å². The average molecular weight is 346 g/mol. The second-order valence-corrected chi connectivity index (χ2v) is 7.12. The maximum atomic E-state index is 12.3. The molecule has 2 rings (SSSR count). The molecule has 1 aliphatic heterocycles. The van der Waals surface area contributed by atoms with Crippen molar-refractivity contribution in [2.75, 3.05) is 32.0 Å². The Labute approximate surface area is 150 Å². The molecule has 0 aromatic heterocycles. The first-order chi connectivity index (χ1) is 11.9. The summed E-state index contributed by atoms with van der Waals surface area (Å²) in [7, 11) is 1.59. The molecular weight excluding hydrogens is 316 g/mol. The molecule has 0 aliphatic carbocycles. The number of benzene rings is 1. The number of carbonyl (C=O) groups excluding carboxylic acids is 2. The number of urea groups is 1. The van der Waals surface area contributed by atoms with Gasteiger partial charge >= 0.3 is 6.03 Å². The van der Waals surface area contributed by atoms with Crippen LogP contribution in [-0.2, 0) is 0 Å². The van der Waals surface area contributed by atoms with Crippen LogP contribution in [0.15, 0.2) is 18.2 Å². The molecule has 3 amide bonds. The van der Waals surface area contributed by atoms with Gasteiger partial charge in [-0.05, 0) is 56.8 Å². The predicted molar refractivity (Wildman–Crippen MR) is 101 cm³/mol. The van der Waals surface area contributed by atoms with E-state index in [1.165, 1.54) is 12.8 Å². The Bertz CT molecular complexity index is 617. The summed E-state index contributed by atoms with van der Waals surface area (Å²) in [4.78, 5) is 26.4. The van der Waals surface area contributed by atoms with Crippen LogP contribution in [0.2, 0.25) is 0 Å². The van der Waals surface area contributed by atoms with Gasteiger partial charge in [-0.25, -0.2) is 4.79 Å². The molecule has 1 saturated heterocycles. The predicted octanol–water partition coefficient (Wildman–Crippen LogP) is 2.60. The summed E-state index contributed by atoms with van der Waals surface area (Å²) in [5.41, 5.74) is 2.09. The van der Waals surface area contributed by atoms with Crippen molar-refractivity contribution in [3.05, 3.63) is 29.3 Å². The highest BCUT2D eigenvalue weighted by Crippen LogP contribution is 2.17. The third-order valence-electron chi connectivity index (χ3n) is 4.63. The second-order valence-electron chi connectivity index (χ2n) is 7.12. The van der Waals surface area contributed by atoms with Crippen molar-refractivity contribution >= 4 is 17.6 Å². The Morgan fingerprint density at radius 1 is 1.36 bits per heavy atom. The van der Waals surface area contributed by atoms with E-state index in [0.29, 0.717) is 11.3 Å². The lowest BCUT2D eigenvalue weighted by molar-refractivity contribution is 0.0963. The number of likely N-dealkylation sites (tertiary alicyclic amines) is 1. The van der Waals surface area contributed by atoms with Gasteiger partial charge in [0.1, 0.15) is 0 Å². The van der Waals surface area contributed by atoms with E-state index < -0.39 is 0 Å². The molecule has 1 aromatic carbocycles. The highest BCUT2D eigenvalue weighted by atomic mass is 16.2. The first-order valence-corrected chi connectivity index (χ1v) is 9.01. The number of nitrogens with one attached hydrogen (secondary N) is 3. The van der Waals surface area contributed by atoms with Gasteiger partial charge in [-0.2, -0.15) is 0 Å². The minimum Gasteiger partial charge on any atom is -0.355 e. The Hall–Kier alpha value is -2.08. The molecule has 0 radical (unpaired) electrons. The van der Waals surface area contributed by atoms with Crippen molar-refractivity contribution in [2.45, 2.75) is 39.7 Å². The molecule has 1 heterocycles. The number of aryl methyl sites for hydroxylation is 1. The zero-order valence-electron chi connectivity index (χ0n) is 15.7. The molecular formula is C19H30N4O2. The van der Waals surface area contributed by atoms with E-state index in [1.54, 1.807) is 19.2 Å². The minimum absolute atomic E-state index is 0.0627. The molecule has 138 valence electrons. The third-order valence-corrected chi connectivity index (χ3v) is 4.63. The van der Waals surface area contributed by atoms with E-state index in [-0.39, 0.29) is 18.0 Å². The van der Waals surface area contributed by atoms with Crippen LogP contribution in [0.5, 0.6) is 0 Å². The second kappa shape index (κ2) is 8.85. The molecule has 3 N–H and O–H groups in total. The number of hydrogen-bond donors (Lipinski definition) is 3. The van der Waals surface area contributed by atoms with Gasteiger partial charge in [0, 0.05) is 37.4 Å². The van der Waals surface area contributed by atoms with Gasteiger partial charge in [-0.1, -0.05) is 13.0 Å². The van der Waals surface area contributed by atoms with E-state index in [1.807, 2.05) is 19.9 Å². The third kappa shape index (κ3) is 5.74. The SMILES string of the molecule is CNC(=O)c1ccc(C)c(NC(=O)NC(C)CN2CCCC(C)C2)c1. The van der Waals surface area contributed by atoms with Crippen LogP contribution in [0.4, 0.5) is 10.5 Å². The number of rotatable bonds is 5. The molecule has 2 atom stereocenters. The van der Waals surface area contributed by atoms with Crippen LogP contribution in [-0.4, -0.2) is 49.6 Å². The lowest BCUT2D eigenvalue weighted by atomic mass is 10.00. The van der Waals surface area contributed by atoms with Gasteiger partial charge in [-0.15, -0.1) is 0 Å². The molecule has 0 spiro atoms. The average Bonchev–Trinajstić information content (AvgIpc) is 2.55. The van der Waals surface area contributed by atoms with Crippen LogP contribution in [0.25, 0.3) is 0 Å². The molecule has 1 fully saturated rings. The largest absolute Gasteiger partial charge is 0.355 e. The van der Waals surface area contributed by atoms with E-state index in [4.69, 9.17) is 0 Å². The van der Waals surface area contributed by atoms with Gasteiger partial charge < -0.3 is 20.9 Å². The van der Waals surface area contributed by atoms with E-state index in [2.05, 4.69) is 27.8 Å². The Kier molecular flexibility index (Phi) is 6.82. The fraction of sp³-hybridized carbons (Fsp3) is 0.579. The summed E-state index contributed by atoms with van der Waals surface area (Å²) < 4.78 is 0. The highest BCUT2D eigenvalue weighted by Gasteiger charge is 2.19. The normalized spacial score (nSPS) is 19.1. The first kappa shape index (κ1) is 19.2. The number of anilines is 1. The van der Waals surface area contributed by atoms with Gasteiger partial charge in [0.2, 0.25) is 0 Å². The molecule has 0 saturated carbocycles. The lowest BCUT2D eigenvalue weighted by Crippen LogP contribution is -2.46. The van der Waals surface area contributed by atoms with Crippen LogP contribution >= 0.6 is 0 Å². The van der Waals surface area contributed by atoms with Crippen molar-refractivity contribution in [3.63, 3.8) is 0 Å². The van der Waals surface area contributed by atoms with Crippen LogP contribution in [0.3, 0.4) is 0 Å². The molecule has 6 nitrogen and oxygen atoms in total. The summed E-state index contributed by atoms with van der Waals surface area (Å²) in [6.07, 6.45) is 2.52. The van der Waals surface area contributed by atoms with E-state index >= 15 is 0 Å². The number of piperidine rings is 1. The standard InChI is InChI=1S/C19H30N4O2/c1-13-6-5-9-23(11-13)12-15(3)21-19(25)22-17-10-16(18(24)20-4)8-7-14(17)2/h7-8,10,13,15H,5-6,9,11-12H2,1-4H3,(H,20,24)(H2,21,22,25). The topological polar surface area (TPSA) is 73.5 Å². The van der Waals surface area contributed by atoms with Crippen LogP contribution in [0.1, 0.15) is 42.6 Å². The number of nitrogens with zero attached hydrogens (tertiary/aromatic N) is 1. The monoisotopic (exact) mass is 346 g/mol. The highest BCUT2D eigenvalue weighted by molar-refractivity contribution is 5.97. The summed E-state index contributed by atoms with van der Waals surface area (Å²) in [6.45, 7) is 9.26. The maximum absolute atomic E-state index is 12.3. The smallest absolute Gasteiger partial charge is 0.319 e. The Morgan fingerprint density at radius 3 is 2.80 bits per heavy atom. The molecule has 6 heteroatoms. The van der Waals surface area contributed by atoms with Gasteiger partial charge in [-0.3, -0.25) is 4.79 Å². The van der Waals surface area contributed by atoms with E-state index in [9.17, 15) is 9.59 Å². The van der Waals surface area contributed by atoms with Gasteiger partial charge in [0.25, 0.3) is 5.91 Å². The zero-order chi connectivity index (χ0) is 18.4. The van der Waals surface area contributed by atoms with Crippen molar-refractivity contribution < 1.29 is 9.59 Å². The zero-order valence-corrected chi connectivity index (χ0v) is 15.7. The quantitative estimate of drug-likeness (QED) is 0.767. The summed E-state index contributed by atoms with van der Waals surface area (Å²) in [6, 6.07) is 5.10. The summed E-state index contributed by atoms with van der Waals surface area (Å²) in [5, 5.41) is 8.44. The number of hydrogen-bond acceptors (Lipinski definition) is 3. The number of carbonyl (C=O) groups is 2. The van der Waals surface area contributed by atoms with Crippen LogP contribution < -0.4 is 16.0 Å². The summed E-state index contributed by atoms with van der Waals surface area (Å²) >= 11 is 0. The molecule has 0 bridgehead atoms. The lowest BCUT2D eigenvalue weighted by Gasteiger charge is -2.32. The minimum atomic E-state index is -0.241.